The SMILES string of the molecule is CCNC(c1ccc(OCC)cc1)C1(OC)CCCCC1. The molecule has 1 unspecified atom stereocenters. The van der Waals surface area contributed by atoms with E-state index in [1.165, 1.54) is 24.8 Å². The first kappa shape index (κ1) is 16.3. The highest BCUT2D eigenvalue weighted by Gasteiger charge is 2.40. The van der Waals surface area contributed by atoms with Crippen molar-refractivity contribution >= 4 is 0 Å². The van der Waals surface area contributed by atoms with Crippen molar-refractivity contribution in [2.75, 3.05) is 20.3 Å². The van der Waals surface area contributed by atoms with Crippen molar-refractivity contribution < 1.29 is 9.47 Å². The second-order valence-corrected chi connectivity index (χ2v) is 5.82. The van der Waals surface area contributed by atoms with Gasteiger partial charge in [-0.15, -0.1) is 0 Å². The van der Waals surface area contributed by atoms with Crippen molar-refractivity contribution in [3.63, 3.8) is 0 Å². The zero-order chi connectivity index (χ0) is 15.1. The summed E-state index contributed by atoms with van der Waals surface area (Å²) in [5.74, 6) is 0.937. The van der Waals surface area contributed by atoms with Crippen molar-refractivity contribution in [1.29, 1.82) is 0 Å². The molecule has 0 heterocycles. The smallest absolute Gasteiger partial charge is 0.119 e. The fourth-order valence-electron chi connectivity index (χ4n) is 3.50. The van der Waals surface area contributed by atoms with E-state index in [9.17, 15) is 0 Å². The molecule has 0 spiro atoms. The van der Waals surface area contributed by atoms with Gasteiger partial charge in [-0.05, 0) is 44.0 Å². The van der Waals surface area contributed by atoms with E-state index in [-0.39, 0.29) is 11.6 Å². The van der Waals surface area contributed by atoms with Crippen molar-refractivity contribution in [2.24, 2.45) is 0 Å². The molecule has 118 valence electrons. The van der Waals surface area contributed by atoms with Crippen LogP contribution in [-0.2, 0) is 4.74 Å². The number of nitrogens with one attached hydrogen (secondary N) is 1. The van der Waals surface area contributed by atoms with Gasteiger partial charge in [0, 0.05) is 7.11 Å². The molecule has 1 saturated carbocycles. The minimum Gasteiger partial charge on any atom is -0.494 e. The van der Waals surface area contributed by atoms with Gasteiger partial charge >= 0.3 is 0 Å². The van der Waals surface area contributed by atoms with Gasteiger partial charge in [-0.2, -0.15) is 0 Å². The largest absolute Gasteiger partial charge is 0.494 e. The molecule has 1 aromatic carbocycles. The predicted octanol–water partition coefficient (Wildman–Crippen LogP) is 4.09. The van der Waals surface area contributed by atoms with E-state index >= 15 is 0 Å². The summed E-state index contributed by atoms with van der Waals surface area (Å²) in [7, 11) is 1.87. The maximum Gasteiger partial charge on any atom is 0.119 e. The number of benzene rings is 1. The van der Waals surface area contributed by atoms with E-state index in [1.54, 1.807) is 0 Å². The summed E-state index contributed by atoms with van der Waals surface area (Å²) in [5.41, 5.74) is 1.23. The molecule has 2 rings (SSSR count). The lowest BCUT2D eigenvalue weighted by Gasteiger charge is -2.43. The van der Waals surface area contributed by atoms with Gasteiger partial charge in [0.1, 0.15) is 5.75 Å². The second kappa shape index (κ2) is 7.81. The van der Waals surface area contributed by atoms with Crippen LogP contribution in [0.25, 0.3) is 0 Å². The van der Waals surface area contributed by atoms with Crippen LogP contribution in [-0.4, -0.2) is 25.9 Å². The zero-order valence-electron chi connectivity index (χ0n) is 13.7. The van der Waals surface area contributed by atoms with Crippen molar-refractivity contribution in [3.05, 3.63) is 29.8 Å². The molecule has 0 radical (unpaired) electrons. The highest BCUT2D eigenvalue weighted by molar-refractivity contribution is 5.31. The summed E-state index contributed by atoms with van der Waals surface area (Å²) >= 11 is 0. The number of rotatable bonds is 7. The zero-order valence-corrected chi connectivity index (χ0v) is 13.7. The number of likely N-dealkylation sites (N-methyl/N-ethyl adjacent to an activating group) is 1. The van der Waals surface area contributed by atoms with Crippen LogP contribution in [0, 0.1) is 0 Å². The molecule has 0 bridgehead atoms. The summed E-state index contributed by atoms with van der Waals surface area (Å²) in [6.07, 6.45) is 6.11. The van der Waals surface area contributed by atoms with Gasteiger partial charge < -0.3 is 14.8 Å². The number of hydrogen-bond acceptors (Lipinski definition) is 3. The predicted molar refractivity (Wildman–Crippen MR) is 86.9 cm³/mol. The van der Waals surface area contributed by atoms with Gasteiger partial charge in [0.25, 0.3) is 0 Å². The van der Waals surface area contributed by atoms with E-state index in [0.717, 1.165) is 25.1 Å². The molecule has 1 aromatic rings. The molecule has 0 aliphatic heterocycles. The molecule has 1 aliphatic carbocycles. The minimum atomic E-state index is -0.0681. The van der Waals surface area contributed by atoms with Gasteiger partial charge in [0.2, 0.25) is 0 Å². The molecule has 1 fully saturated rings. The lowest BCUT2D eigenvalue weighted by molar-refractivity contribution is -0.0684. The maximum absolute atomic E-state index is 6.03. The molecular formula is C18H29NO2. The fourth-order valence-corrected chi connectivity index (χ4v) is 3.50. The molecule has 1 atom stereocenters. The van der Waals surface area contributed by atoms with Crippen molar-refractivity contribution in [3.8, 4) is 5.75 Å². The minimum absolute atomic E-state index is 0.0681. The van der Waals surface area contributed by atoms with Gasteiger partial charge in [-0.1, -0.05) is 38.3 Å². The second-order valence-electron chi connectivity index (χ2n) is 5.82. The Morgan fingerprint density at radius 2 is 1.76 bits per heavy atom. The summed E-state index contributed by atoms with van der Waals surface area (Å²) in [6, 6.07) is 8.73. The molecule has 3 heteroatoms. The third-order valence-corrected chi connectivity index (χ3v) is 4.57. The number of ether oxygens (including phenoxy) is 2. The van der Waals surface area contributed by atoms with E-state index in [0.29, 0.717) is 6.61 Å². The van der Waals surface area contributed by atoms with E-state index in [4.69, 9.17) is 9.47 Å². The molecule has 0 amide bonds. The monoisotopic (exact) mass is 291 g/mol. The van der Waals surface area contributed by atoms with Crippen molar-refractivity contribution in [1.82, 2.24) is 5.32 Å². The van der Waals surface area contributed by atoms with Crippen LogP contribution in [0.2, 0.25) is 0 Å². The topological polar surface area (TPSA) is 30.5 Å². The van der Waals surface area contributed by atoms with Gasteiger partial charge in [0.05, 0.1) is 18.2 Å². The van der Waals surface area contributed by atoms with Crippen molar-refractivity contribution in [2.45, 2.75) is 57.6 Å². The third-order valence-electron chi connectivity index (χ3n) is 4.57. The Balaban J connectivity index is 2.24. The average molecular weight is 291 g/mol. The average Bonchev–Trinajstić information content (AvgIpc) is 2.54. The van der Waals surface area contributed by atoms with Crippen LogP contribution >= 0.6 is 0 Å². The highest BCUT2D eigenvalue weighted by atomic mass is 16.5. The Kier molecular flexibility index (Phi) is 6.07. The Labute approximate surface area is 129 Å². The van der Waals surface area contributed by atoms with Crippen LogP contribution in [0.5, 0.6) is 5.75 Å². The van der Waals surface area contributed by atoms with Crippen LogP contribution in [0.1, 0.15) is 57.6 Å². The van der Waals surface area contributed by atoms with E-state index in [1.807, 2.05) is 14.0 Å². The van der Waals surface area contributed by atoms with Crippen LogP contribution < -0.4 is 10.1 Å². The summed E-state index contributed by atoms with van der Waals surface area (Å²) in [5, 5.41) is 3.65. The summed E-state index contributed by atoms with van der Waals surface area (Å²) in [4.78, 5) is 0. The van der Waals surface area contributed by atoms with Crippen LogP contribution in [0.4, 0.5) is 0 Å². The molecular weight excluding hydrogens is 262 g/mol. The Bertz CT molecular complexity index is 410. The lowest BCUT2D eigenvalue weighted by atomic mass is 9.76. The fraction of sp³-hybridized carbons (Fsp3) is 0.667. The molecule has 21 heavy (non-hydrogen) atoms. The lowest BCUT2D eigenvalue weighted by Crippen LogP contribution is -2.47. The quantitative estimate of drug-likeness (QED) is 0.821. The standard InChI is InChI=1S/C18H29NO2/c1-4-19-17(18(20-3)13-7-6-8-14-18)15-9-11-16(12-10-15)21-5-2/h9-12,17,19H,4-8,13-14H2,1-3H3. The van der Waals surface area contributed by atoms with Crippen LogP contribution in [0.3, 0.4) is 0 Å². The van der Waals surface area contributed by atoms with E-state index in [2.05, 4.69) is 36.5 Å². The van der Waals surface area contributed by atoms with Gasteiger partial charge in [-0.3, -0.25) is 0 Å². The van der Waals surface area contributed by atoms with Crippen LogP contribution in [0.15, 0.2) is 24.3 Å². The first-order chi connectivity index (χ1) is 10.3. The molecule has 1 aliphatic rings. The first-order valence-corrected chi connectivity index (χ1v) is 8.27. The molecule has 0 saturated heterocycles. The highest BCUT2D eigenvalue weighted by Crippen LogP contribution is 2.41. The van der Waals surface area contributed by atoms with Gasteiger partial charge in [-0.25, -0.2) is 0 Å². The van der Waals surface area contributed by atoms with Gasteiger partial charge in [0.15, 0.2) is 0 Å². The normalized spacial score (nSPS) is 19.2. The van der Waals surface area contributed by atoms with E-state index < -0.39 is 0 Å². The Morgan fingerprint density at radius 1 is 1.10 bits per heavy atom. The number of hydrogen-bond donors (Lipinski definition) is 1. The first-order valence-electron chi connectivity index (χ1n) is 8.27. The Morgan fingerprint density at radius 3 is 2.29 bits per heavy atom. The summed E-state index contributed by atoms with van der Waals surface area (Å²) < 4.78 is 11.6. The molecule has 0 aromatic heterocycles. The Hall–Kier alpha value is -1.06. The third kappa shape index (κ3) is 3.78. The maximum atomic E-state index is 6.03. The number of methoxy groups -OCH3 is 1. The molecule has 3 nitrogen and oxygen atoms in total. The molecule has 1 N–H and O–H groups in total. The summed E-state index contributed by atoms with van der Waals surface area (Å²) in [6.45, 7) is 5.83.